The maximum Gasteiger partial charge on any atom is 0.240 e. The third kappa shape index (κ3) is 4.80. The highest BCUT2D eigenvalue weighted by Gasteiger charge is 2.17. The molecule has 0 fully saturated rings. The molecule has 0 heterocycles. The number of nitrogens with zero attached hydrogens (tertiary/aromatic N) is 1. The lowest BCUT2D eigenvalue weighted by Crippen LogP contribution is -2.37. The topological polar surface area (TPSA) is 66.5 Å². The zero-order chi connectivity index (χ0) is 18.6. The highest BCUT2D eigenvalue weighted by Crippen LogP contribution is 2.18. The fourth-order valence-corrected chi connectivity index (χ4v) is 3.13. The normalized spacial score (nSPS) is 11.4. The Labute approximate surface area is 143 Å². The largest absolute Gasteiger partial charge is 0.311 e. The number of nitrogens with one attached hydrogen (secondary N) is 1. The first-order chi connectivity index (χ1) is 11.7. The first-order valence-corrected chi connectivity index (χ1v) is 8.67. The Hall–Kier alpha value is -2.39. The number of anilines is 1. The molecule has 0 aliphatic heterocycles. The molecule has 0 bridgehead atoms. The molecule has 0 unspecified atom stereocenters. The Kier molecular flexibility index (Phi) is 5.81. The average molecular weight is 372 g/mol. The van der Waals surface area contributed by atoms with E-state index in [9.17, 15) is 26.4 Å². The van der Waals surface area contributed by atoms with Gasteiger partial charge < -0.3 is 4.90 Å². The Morgan fingerprint density at radius 1 is 1.04 bits per heavy atom. The van der Waals surface area contributed by atoms with Crippen LogP contribution in [0.4, 0.5) is 18.9 Å². The van der Waals surface area contributed by atoms with Crippen LogP contribution in [0.2, 0.25) is 0 Å². The molecule has 0 aliphatic carbocycles. The summed E-state index contributed by atoms with van der Waals surface area (Å²) in [6.07, 6.45) is 0. The van der Waals surface area contributed by atoms with Crippen LogP contribution in [0.25, 0.3) is 0 Å². The van der Waals surface area contributed by atoms with Crippen molar-refractivity contribution in [3.63, 3.8) is 0 Å². The summed E-state index contributed by atoms with van der Waals surface area (Å²) in [5, 5.41) is 0. The Balaban J connectivity index is 2.07. The van der Waals surface area contributed by atoms with Crippen molar-refractivity contribution < 1.29 is 26.4 Å². The summed E-state index contributed by atoms with van der Waals surface area (Å²) in [5.74, 6) is -3.20. The molecule has 1 amide bonds. The third-order valence-corrected chi connectivity index (χ3v) is 4.82. The Morgan fingerprint density at radius 2 is 1.68 bits per heavy atom. The fraction of sp³-hybridized carbons (Fsp3) is 0.188. The molecule has 25 heavy (non-hydrogen) atoms. The summed E-state index contributed by atoms with van der Waals surface area (Å²) < 4.78 is 65.6. The summed E-state index contributed by atoms with van der Waals surface area (Å²) in [6.45, 7) is 0.953. The number of benzene rings is 2. The molecule has 1 N–H and O–H groups in total. The molecule has 0 saturated heterocycles. The molecule has 0 aromatic heterocycles. The Morgan fingerprint density at radius 3 is 2.24 bits per heavy atom. The predicted molar refractivity (Wildman–Crippen MR) is 86.0 cm³/mol. The van der Waals surface area contributed by atoms with Gasteiger partial charge in [0.2, 0.25) is 15.9 Å². The first kappa shape index (κ1) is 18.9. The van der Waals surface area contributed by atoms with E-state index in [1.54, 1.807) is 0 Å². The molecule has 0 spiro atoms. The van der Waals surface area contributed by atoms with Crippen LogP contribution in [0.1, 0.15) is 6.92 Å². The molecule has 2 aromatic rings. The molecule has 0 aliphatic rings. The zero-order valence-corrected chi connectivity index (χ0v) is 14.0. The fourth-order valence-electron chi connectivity index (χ4n) is 2.11. The van der Waals surface area contributed by atoms with Crippen molar-refractivity contribution in [2.45, 2.75) is 11.8 Å². The van der Waals surface area contributed by atoms with Crippen LogP contribution in [-0.2, 0) is 14.8 Å². The predicted octanol–water partition coefficient (Wildman–Crippen LogP) is 2.44. The van der Waals surface area contributed by atoms with Crippen LogP contribution in [0.5, 0.6) is 0 Å². The van der Waals surface area contributed by atoms with Crippen molar-refractivity contribution in [2.24, 2.45) is 0 Å². The molecule has 2 rings (SSSR count). The van der Waals surface area contributed by atoms with E-state index in [1.165, 1.54) is 13.0 Å². The van der Waals surface area contributed by atoms with Gasteiger partial charge in [-0.2, -0.15) is 0 Å². The van der Waals surface area contributed by atoms with E-state index >= 15 is 0 Å². The van der Waals surface area contributed by atoms with Gasteiger partial charge in [-0.3, -0.25) is 4.79 Å². The van der Waals surface area contributed by atoms with Crippen molar-refractivity contribution in [3.8, 4) is 0 Å². The molecule has 9 heteroatoms. The van der Waals surface area contributed by atoms with Crippen LogP contribution in [0, 0.1) is 17.5 Å². The van der Waals surface area contributed by atoms with E-state index in [1.807, 2.05) is 0 Å². The minimum Gasteiger partial charge on any atom is -0.311 e. The molecule has 0 atom stereocenters. The molecular weight excluding hydrogens is 357 g/mol. The number of carbonyl (C=O) groups is 1. The van der Waals surface area contributed by atoms with Crippen molar-refractivity contribution in [1.29, 1.82) is 0 Å². The number of carbonyl (C=O) groups excluding carboxylic acids is 1. The van der Waals surface area contributed by atoms with Gasteiger partial charge in [-0.05, 0) is 36.4 Å². The summed E-state index contributed by atoms with van der Waals surface area (Å²) >= 11 is 0. The van der Waals surface area contributed by atoms with Crippen molar-refractivity contribution in [2.75, 3.05) is 18.0 Å². The summed E-state index contributed by atoms with van der Waals surface area (Å²) in [5.41, 5.74) is 0.104. The quantitative estimate of drug-likeness (QED) is 0.847. The number of amides is 1. The minimum absolute atomic E-state index is 0.0964. The van der Waals surface area contributed by atoms with Crippen LogP contribution >= 0.6 is 0 Å². The van der Waals surface area contributed by atoms with Gasteiger partial charge in [0.1, 0.15) is 5.82 Å². The summed E-state index contributed by atoms with van der Waals surface area (Å²) in [6, 6.07) is 7.18. The highest BCUT2D eigenvalue weighted by atomic mass is 32.2. The van der Waals surface area contributed by atoms with Crippen molar-refractivity contribution in [1.82, 2.24) is 4.72 Å². The van der Waals surface area contributed by atoms with Gasteiger partial charge in [0.05, 0.1) is 4.90 Å². The lowest BCUT2D eigenvalue weighted by Gasteiger charge is -2.21. The third-order valence-electron chi connectivity index (χ3n) is 3.35. The number of halogens is 3. The van der Waals surface area contributed by atoms with E-state index < -0.39 is 33.4 Å². The van der Waals surface area contributed by atoms with E-state index in [0.29, 0.717) is 0 Å². The molecule has 0 saturated carbocycles. The Bertz CT molecular complexity index is 871. The van der Waals surface area contributed by atoms with E-state index in [0.717, 1.165) is 41.3 Å². The molecule has 2 aromatic carbocycles. The molecule has 0 radical (unpaired) electrons. The second-order valence-corrected chi connectivity index (χ2v) is 6.89. The van der Waals surface area contributed by atoms with Crippen molar-refractivity contribution in [3.05, 3.63) is 59.9 Å². The van der Waals surface area contributed by atoms with Gasteiger partial charge >= 0.3 is 0 Å². The maximum absolute atomic E-state index is 13.3. The van der Waals surface area contributed by atoms with Gasteiger partial charge in [0, 0.05) is 31.8 Å². The van der Waals surface area contributed by atoms with Gasteiger partial charge in [-0.1, -0.05) is 0 Å². The minimum atomic E-state index is -3.88. The average Bonchev–Trinajstić information content (AvgIpc) is 2.54. The second kappa shape index (κ2) is 7.66. The summed E-state index contributed by atoms with van der Waals surface area (Å²) in [4.78, 5) is 12.7. The highest BCUT2D eigenvalue weighted by molar-refractivity contribution is 7.89. The van der Waals surface area contributed by atoms with E-state index in [4.69, 9.17) is 0 Å². The first-order valence-electron chi connectivity index (χ1n) is 7.19. The van der Waals surface area contributed by atoms with Crippen LogP contribution in [-0.4, -0.2) is 27.4 Å². The van der Waals surface area contributed by atoms with Crippen LogP contribution in [0.15, 0.2) is 47.4 Å². The van der Waals surface area contributed by atoms with E-state index in [2.05, 4.69) is 4.72 Å². The smallest absolute Gasteiger partial charge is 0.240 e. The van der Waals surface area contributed by atoms with Gasteiger partial charge in [0.15, 0.2) is 11.6 Å². The second-order valence-electron chi connectivity index (χ2n) is 5.12. The molecule has 134 valence electrons. The molecule has 5 nitrogen and oxygen atoms in total. The lowest BCUT2D eigenvalue weighted by molar-refractivity contribution is -0.116. The number of hydrogen-bond donors (Lipinski definition) is 1. The monoisotopic (exact) mass is 372 g/mol. The maximum atomic E-state index is 13.3. The standard InChI is InChI=1S/C16H15F3N2O3S/c1-11(22)21(13-4-7-15(18)16(19)10-13)9-8-20-25(23,24)14-5-2-12(17)3-6-14/h2-7,10,20H,8-9H2,1H3. The lowest BCUT2D eigenvalue weighted by atomic mass is 10.2. The number of hydrogen-bond acceptors (Lipinski definition) is 3. The molecular formula is C16H15F3N2O3S. The van der Waals surface area contributed by atoms with Gasteiger partial charge in [-0.15, -0.1) is 0 Å². The number of rotatable bonds is 6. The SMILES string of the molecule is CC(=O)N(CCNS(=O)(=O)c1ccc(F)cc1)c1ccc(F)c(F)c1. The van der Waals surface area contributed by atoms with Crippen LogP contribution < -0.4 is 9.62 Å². The van der Waals surface area contributed by atoms with E-state index in [-0.39, 0.29) is 23.7 Å². The summed E-state index contributed by atoms with van der Waals surface area (Å²) in [7, 11) is -3.88. The van der Waals surface area contributed by atoms with Crippen molar-refractivity contribution >= 4 is 21.6 Å². The zero-order valence-electron chi connectivity index (χ0n) is 13.2. The van der Waals surface area contributed by atoms with Crippen LogP contribution in [0.3, 0.4) is 0 Å². The number of sulfonamides is 1. The van der Waals surface area contributed by atoms with Gasteiger partial charge in [0.25, 0.3) is 0 Å². The van der Waals surface area contributed by atoms with Gasteiger partial charge in [-0.25, -0.2) is 26.3 Å².